The lowest BCUT2D eigenvalue weighted by Crippen LogP contribution is -2.45. The summed E-state index contributed by atoms with van der Waals surface area (Å²) in [5, 5.41) is 0. The Hall–Kier alpha value is -1.47. The highest BCUT2D eigenvalue weighted by atomic mass is 32.2. The molecule has 5 nitrogen and oxygen atoms in total. The lowest BCUT2D eigenvalue weighted by Gasteiger charge is -2.32. The summed E-state index contributed by atoms with van der Waals surface area (Å²) < 4.78 is 40.2. The molecule has 0 aliphatic carbocycles. The maximum atomic E-state index is 13.4. The zero-order valence-electron chi connectivity index (χ0n) is 13.0. The van der Waals surface area contributed by atoms with Crippen LogP contribution in [0.3, 0.4) is 0 Å². The number of carbonyl (C=O) groups is 1. The average molecular weight is 328 g/mol. The number of aryl methyl sites for hydroxylation is 1. The predicted molar refractivity (Wildman–Crippen MR) is 81.3 cm³/mol. The minimum Gasteiger partial charge on any atom is -0.349 e. The second-order valence-electron chi connectivity index (χ2n) is 5.84. The first-order valence-electron chi connectivity index (χ1n) is 7.21. The Kier molecular flexibility index (Phi) is 4.87. The van der Waals surface area contributed by atoms with Gasteiger partial charge in [0, 0.05) is 27.2 Å². The molecule has 0 bridgehead atoms. The van der Waals surface area contributed by atoms with Gasteiger partial charge in [-0.05, 0) is 37.5 Å². The number of piperidine rings is 1. The molecule has 1 heterocycles. The Bertz CT molecular complexity index is 673. The number of nitrogens with zero attached hydrogens (tertiary/aromatic N) is 2. The number of amides is 1. The van der Waals surface area contributed by atoms with E-state index in [0.29, 0.717) is 24.9 Å². The highest BCUT2D eigenvalue weighted by Crippen LogP contribution is 2.26. The molecule has 0 aromatic heterocycles. The number of carbonyl (C=O) groups excluding carboxylic acids is 1. The molecule has 22 heavy (non-hydrogen) atoms. The van der Waals surface area contributed by atoms with Crippen LogP contribution in [-0.2, 0) is 14.8 Å². The number of hydrogen-bond acceptors (Lipinski definition) is 3. The molecule has 0 spiro atoms. The third-order valence-corrected chi connectivity index (χ3v) is 5.95. The summed E-state index contributed by atoms with van der Waals surface area (Å²) >= 11 is 0. The standard InChI is InChI=1S/C15H21FN2O3S/c1-11-6-7-13(16)9-14(11)22(20,21)18-8-4-5-12(10-18)15(19)17(2)3/h6-7,9,12H,4-5,8,10H2,1-3H3. The zero-order chi connectivity index (χ0) is 16.5. The first-order valence-corrected chi connectivity index (χ1v) is 8.65. The van der Waals surface area contributed by atoms with Crippen LogP contribution >= 0.6 is 0 Å². The highest BCUT2D eigenvalue weighted by molar-refractivity contribution is 7.89. The Morgan fingerprint density at radius 1 is 1.36 bits per heavy atom. The number of rotatable bonds is 3. The number of halogens is 1. The molecule has 0 N–H and O–H groups in total. The smallest absolute Gasteiger partial charge is 0.243 e. The minimum atomic E-state index is -3.78. The third kappa shape index (κ3) is 3.30. The number of hydrogen-bond donors (Lipinski definition) is 0. The van der Waals surface area contributed by atoms with Gasteiger partial charge >= 0.3 is 0 Å². The second-order valence-corrected chi connectivity index (χ2v) is 7.75. The van der Waals surface area contributed by atoms with Crippen molar-refractivity contribution in [3.8, 4) is 0 Å². The molecule has 1 fully saturated rings. The van der Waals surface area contributed by atoms with Crippen molar-refractivity contribution in [2.75, 3.05) is 27.2 Å². The largest absolute Gasteiger partial charge is 0.349 e. The van der Waals surface area contributed by atoms with Crippen molar-refractivity contribution < 1.29 is 17.6 Å². The summed E-state index contributed by atoms with van der Waals surface area (Å²) in [7, 11) is -0.466. The fraction of sp³-hybridized carbons (Fsp3) is 0.533. The second kappa shape index (κ2) is 6.34. The zero-order valence-corrected chi connectivity index (χ0v) is 13.9. The van der Waals surface area contributed by atoms with Crippen molar-refractivity contribution in [3.63, 3.8) is 0 Å². The van der Waals surface area contributed by atoms with Crippen LogP contribution in [0.4, 0.5) is 4.39 Å². The average Bonchev–Trinajstić information content (AvgIpc) is 2.48. The Morgan fingerprint density at radius 3 is 2.68 bits per heavy atom. The maximum Gasteiger partial charge on any atom is 0.243 e. The number of sulfonamides is 1. The summed E-state index contributed by atoms with van der Waals surface area (Å²) in [6.07, 6.45) is 1.29. The molecule has 1 aromatic rings. The highest BCUT2D eigenvalue weighted by Gasteiger charge is 2.34. The molecule has 1 saturated heterocycles. The van der Waals surface area contributed by atoms with Gasteiger partial charge in [0.05, 0.1) is 10.8 Å². The van der Waals surface area contributed by atoms with E-state index in [4.69, 9.17) is 0 Å². The van der Waals surface area contributed by atoms with Crippen LogP contribution in [0, 0.1) is 18.7 Å². The van der Waals surface area contributed by atoms with E-state index in [1.54, 1.807) is 21.0 Å². The lowest BCUT2D eigenvalue weighted by atomic mass is 9.98. The van der Waals surface area contributed by atoms with Gasteiger partial charge in [-0.1, -0.05) is 6.07 Å². The van der Waals surface area contributed by atoms with Gasteiger partial charge in [-0.3, -0.25) is 4.79 Å². The van der Waals surface area contributed by atoms with E-state index < -0.39 is 15.8 Å². The summed E-state index contributed by atoms with van der Waals surface area (Å²) in [5.74, 6) is -0.995. The monoisotopic (exact) mass is 328 g/mol. The molecular formula is C15H21FN2O3S. The van der Waals surface area contributed by atoms with Crippen LogP contribution in [0.15, 0.2) is 23.1 Å². The van der Waals surface area contributed by atoms with Crippen LogP contribution in [0.25, 0.3) is 0 Å². The van der Waals surface area contributed by atoms with Crippen LogP contribution < -0.4 is 0 Å². The van der Waals surface area contributed by atoms with Crippen molar-refractivity contribution in [3.05, 3.63) is 29.6 Å². The van der Waals surface area contributed by atoms with Crippen LogP contribution in [0.5, 0.6) is 0 Å². The van der Waals surface area contributed by atoms with Crippen molar-refractivity contribution in [2.45, 2.75) is 24.7 Å². The fourth-order valence-electron chi connectivity index (χ4n) is 2.72. The van der Waals surface area contributed by atoms with Gasteiger partial charge in [-0.2, -0.15) is 4.31 Å². The van der Waals surface area contributed by atoms with Gasteiger partial charge in [0.15, 0.2) is 0 Å². The van der Waals surface area contributed by atoms with E-state index in [2.05, 4.69) is 0 Å². The van der Waals surface area contributed by atoms with Crippen molar-refractivity contribution in [2.24, 2.45) is 5.92 Å². The summed E-state index contributed by atoms with van der Waals surface area (Å²) in [5.41, 5.74) is 0.502. The minimum absolute atomic E-state index is 0.0227. The first-order chi connectivity index (χ1) is 10.2. The number of benzene rings is 1. The van der Waals surface area contributed by atoms with E-state index in [-0.39, 0.29) is 23.3 Å². The van der Waals surface area contributed by atoms with E-state index in [0.717, 1.165) is 6.07 Å². The topological polar surface area (TPSA) is 57.7 Å². The third-order valence-electron chi connectivity index (χ3n) is 3.94. The van der Waals surface area contributed by atoms with Crippen LogP contribution in [-0.4, -0.2) is 50.7 Å². The Morgan fingerprint density at radius 2 is 2.05 bits per heavy atom. The molecule has 1 unspecified atom stereocenters. The molecule has 1 atom stereocenters. The van der Waals surface area contributed by atoms with Gasteiger partial charge in [0.1, 0.15) is 5.82 Å². The van der Waals surface area contributed by atoms with Gasteiger partial charge in [-0.15, -0.1) is 0 Å². The Labute approximate surface area is 130 Å². The molecule has 1 aromatic carbocycles. The summed E-state index contributed by atoms with van der Waals surface area (Å²) in [6, 6.07) is 3.74. The molecule has 1 aliphatic heterocycles. The van der Waals surface area contributed by atoms with Crippen LogP contribution in [0.1, 0.15) is 18.4 Å². The quantitative estimate of drug-likeness (QED) is 0.847. The molecule has 7 heteroatoms. The van der Waals surface area contributed by atoms with Crippen molar-refractivity contribution >= 4 is 15.9 Å². The lowest BCUT2D eigenvalue weighted by molar-refractivity contribution is -0.134. The van der Waals surface area contributed by atoms with E-state index in [1.165, 1.54) is 21.3 Å². The normalized spacial score (nSPS) is 19.9. The van der Waals surface area contributed by atoms with Gasteiger partial charge in [0.2, 0.25) is 15.9 Å². The molecular weight excluding hydrogens is 307 g/mol. The summed E-state index contributed by atoms with van der Waals surface area (Å²) in [6.45, 7) is 2.14. The van der Waals surface area contributed by atoms with E-state index >= 15 is 0 Å². The van der Waals surface area contributed by atoms with E-state index in [1.807, 2.05) is 0 Å². The SMILES string of the molecule is Cc1ccc(F)cc1S(=O)(=O)N1CCCC(C(=O)N(C)C)C1. The van der Waals surface area contributed by atoms with E-state index in [9.17, 15) is 17.6 Å². The van der Waals surface area contributed by atoms with Gasteiger partial charge in [0.25, 0.3) is 0 Å². The Balaban J connectivity index is 2.29. The van der Waals surface area contributed by atoms with Gasteiger partial charge in [-0.25, -0.2) is 12.8 Å². The molecule has 0 radical (unpaired) electrons. The summed E-state index contributed by atoms with van der Waals surface area (Å²) in [4.78, 5) is 13.5. The first kappa shape index (κ1) is 16.9. The van der Waals surface area contributed by atoms with Gasteiger partial charge < -0.3 is 4.90 Å². The predicted octanol–water partition coefficient (Wildman–Crippen LogP) is 1.62. The van der Waals surface area contributed by atoms with Crippen LogP contribution in [0.2, 0.25) is 0 Å². The van der Waals surface area contributed by atoms with Crippen molar-refractivity contribution in [1.29, 1.82) is 0 Å². The molecule has 122 valence electrons. The molecule has 2 rings (SSSR count). The molecule has 1 aliphatic rings. The molecule has 0 saturated carbocycles. The van der Waals surface area contributed by atoms with Crippen molar-refractivity contribution in [1.82, 2.24) is 9.21 Å². The fourth-order valence-corrected chi connectivity index (χ4v) is 4.48. The maximum absolute atomic E-state index is 13.4. The molecule has 1 amide bonds.